The second kappa shape index (κ2) is 8.25. The van der Waals surface area contributed by atoms with Crippen molar-refractivity contribution in [3.05, 3.63) is 29.6 Å². The van der Waals surface area contributed by atoms with Gasteiger partial charge in [-0.15, -0.1) is 0 Å². The monoisotopic (exact) mass is 280 g/mol. The van der Waals surface area contributed by atoms with Crippen LogP contribution in [0, 0.1) is 17.7 Å². The molecule has 0 aliphatic rings. The molecule has 0 aromatic heterocycles. The van der Waals surface area contributed by atoms with Crippen molar-refractivity contribution >= 4 is 5.69 Å². The van der Waals surface area contributed by atoms with E-state index in [4.69, 9.17) is 0 Å². The zero-order valence-corrected chi connectivity index (χ0v) is 13.5. The minimum absolute atomic E-state index is 0.110. The molecule has 0 saturated heterocycles. The van der Waals surface area contributed by atoms with Crippen molar-refractivity contribution in [1.82, 2.24) is 5.32 Å². The van der Waals surface area contributed by atoms with E-state index in [9.17, 15) is 4.39 Å². The maximum atomic E-state index is 14.1. The van der Waals surface area contributed by atoms with Crippen LogP contribution < -0.4 is 10.2 Å². The van der Waals surface area contributed by atoms with Crippen molar-refractivity contribution in [2.24, 2.45) is 11.8 Å². The fourth-order valence-corrected chi connectivity index (χ4v) is 2.42. The molecule has 1 aromatic carbocycles. The van der Waals surface area contributed by atoms with Gasteiger partial charge in [0.25, 0.3) is 0 Å². The Morgan fingerprint density at radius 2 is 1.70 bits per heavy atom. The Bertz CT molecular complexity index is 392. The molecular formula is C17H29FN2. The largest absolute Gasteiger partial charge is 0.371 e. The van der Waals surface area contributed by atoms with Gasteiger partial charge in [0, 0.05) is 30.9 Å². The second-order valence-electron chi connectivity index (χ2n) is 6.21. The second-order valence-corrected chi connectivity index (χ2v) is 6.21. The molecular weight excluding hydrogens is 251 g/mol. The van der Waals surface area contributed by atoms with Crippen molar-refractivity contribution in [3.63, 3.8) is 0 Å². The summed E-state index contributed by atoms with van der Waals surface area (Å²) in [6.45, 7) is 14.2. The van der Waals surface area contributed by atoms with Crippen LogP contribution in [-0.4, -0.2) is 19.6 Å². The lowest BCUT2D eigenvalue weighted by molar-refractivity contribution is 0.543. The summed E-state index contributed by atoms with van der Waals surface area (Å²) in [5.74, 6) is 1.01. The third kappa shape index (κ3) is 5.12. The molecule has 1 rings (SSSR count). The highest BCUT2D eigenvalue weighted by molar-refractivity contribution is 5.54. The summed E-state index contributed by atoms with van der Waals surface area (Å²) >= 11 is 0. The number of rotatable bonds is 8. The van der Waals surface area contributed by atoms with Gasteiger partial charge in [0.15, 0.2) is 0 Å². The smallest absolute Gasteiger partial charge is 0.129 e. The number of anilines is 1. The van der Waals surface area contributed by atoms with Crippen molar-refractivity contribution in [3.8, 4) is 0 Å². The van der Waals surface area contributed by atoms with Crippen LogP contribution in [-0.2, 0) is 6.54 Å². The molecule has 1 aromatic rings. The Hall–Kier alpha value is -1.09. The topological polar surface area (TPSA) is 15.3 Å². The van der Waals surface area contributed by atoms with Crippen LogP contribution in [0.15, 0.2) is 18.2 Å². The van der Waals surface area contributed by atoms with E-state index in [0.717, 1.165) is 30.9 Å². The molecule has 0 fully saturated rings. The van der Waals surface area contributed by atoms with Crippen molar-refractivity contribution in [1.29, 1.82) is 0 Å². The quantitative estimate of drug-likeness (QED) is 0.772. The number of nitrogens with zero attached hydrogens (tertiary/aromatic N) is 1. The molecule has 0 saturated carbocycles. The minimum Gasteiger partial charge on any atom is -0.371 e. The molecule has 0 radical (unpaired) electrons. The molecule has 0 unspecified atom stereocenters. The zero-order chi connectivity index (χ0) is 15.1. The van der Waals surface area contributed by atoms with Gasteiger partial charge in [-0.25, -0.2) is 4.39 Å². The van der Waals surface area contributed by atoms with Crippen LogP contribution >= 0.6 is 0 Å². The molecule has 0 bridgehead atoms. The summed E-state index contributed by atoms with van der Waals surface area (Å²) in [6, 6.07) is 5.41. The third-order valence-electron chi connectivity index (χ3n) is 3.16. The van der Waals surface area contributed by atoms with Gasteiger partial charge in [0.2, 0.25) is 0 Å². The summed E-state index contributed by atoms with van der Waals surface area (Å²) in [4.78, 5) is 2.32. The van der Waals surface area contributed by atoms with E-state index in [1.165, 1.54) is 0 Å². The first-order chi connectivity index (χ1) is 9.45. The van der Waals surface area contributed by atoms with E-state index < -0.39 is 0 Å². The van der Waals surface area contributed by atoms with Crippen molar-refractivity contribution < 1.29 is 4.39 Å². The summed E-state index contributed by atoms with van der Waals surface area (Å²) in [6.07, 6.45) is 0. The average molecular weight is 280 g/mol. The standard InChI is InChI=1S/C17H29FN2/c1-6-19-10-15-16(18)8-7-9-17(15)20(11-13(2)3)12-14(4)5/h7-9,13-14,19H,6,10-12H2,1-5H3. The van der Waals surface area contributed by atoms with Gasteiger partial charge in [-0.1, -0.05) is 40.7 Å². The van der Waals surface area contributed by atoms with Gasteiger partial charge in [0.1, 0.15) is 5.82 Å². The lowest BCUT2D eigenvalue weighted by Crippen LogP contribution is -2.33. The molecule has 0 aliphatic heterocycles. The van der Waals surface area contributed by atoms with Crippen LogP contribution in [0.5, 0.6) is 0 Å². The number of nitrogens with one attached hydrogen (secondary N) is 1. The van der Waals surface area contributed by atoms with Gasteiger partial charge >= 0.3 is 0 Å². The molecule has 0 heterocycles. The fourth-order valence-electron chi connectivity index (χ4n) is 2.42. The van der Waals surface area contributed by atoms with E-state index >= 15 is 0 Å². The Labute approximate surface area is 123 Å². The molecule has 0 aliphatic carbocycles. The summed E-state index contributed by atoms with van der Waals surface area (Å²) in [7, 11) is 0. The first kappa shape index (κ1) is 17.0. The summed E-state index contributed by atoms with van der Waals surface area (Å²) in [5.41, 5.74) is 1.82. The molecule has 0 atom stereocenters. The zero-order valence-electron chi connectivity index (χ0n) is 13.5. The highest BCUT2D eigenvalue weighted by atomic mass is 19.1. The molecule has 2 nitrogen and oxygen atoms in total. The van der Waals surface area contributed by atoms with Crippen LogP contribution in [0.1, 0.15) is 40.2 Å². The van der Waals surface area contributed by atoms with Crippen LogP contribution in [0.4, 0.5) is 10.1 Å². The molecule has 1 N–H and O–H groups in total. The number of halogens is 1. The highest BCUT2D eigenvalue weighted by Gasteiger charge is 2.16. The molecule has 0 amide bonds. The number of benzene rings is 1. The fraction of sp³-hybridized carbons (Fsp3) is 0.647. The normalized spacial score (nSPS) is 11.4. The van der Waals surface area contributed by atoms with Crippen LogP contribution in [0.3, 0.4) is 0 Å². The van der Waals surface area contributed by atoms with Gasteiger partial charge in [-0.05, 0) is 30.5 Å². The van der Waals surface area contributed by atoms with Gasteiger partial charge in [-0.3, -0.25) is 0 Å². The number of hydrogen-bond donors (Lipinski definition) is 1. The van der Waals surface area contributed by atoms with E-state index in [1.807, 2.05) is 19.1 Å². The molecule has 0 spiro atoms. The molecule has 114 valence electrons. The Morgan fingerprint density at radius 3 is 2.20 bits per heavy atom. The summed E-state index contributed by atoms with van der Waals surface area (Å²) < 4.78 is 14.1. The minimum atomic E-state index is -0.110. The number of hydrogen-bond acceptors (Lipinski definition) is 2. The first-order valence-electron chi connectivity index (χ1n) is 7.68. The van der Waals surface area contributed by atoms with Gasteiger partial charge in [-0.2, -0.15) is 0 Å². The highest BCUT2D eigenvalue weighted by Crippen LogP contribution is 2.25. The van der Waals surface area contributed by atoms with Gasteiger partial charge in [0.05, 0.1) is 0 Å². The Balaban J connectivity index is 3.06. The Kier molecular flexibility index (Phi) is 7.00. The third-order valence-corrected chi connectivity index (χ3v) is 3.16. The van der Waals surface area contributed by atoms with E-state index in [1.54, 1.807) is 6.07 Å². The predicted molar refractivity (Wildman–Crippen MR) is 85.7 cm³/mol. The van der Waals surface area contributed by atoms with E-state index in [2.05, 4.69) is 37.9 Å². The maximum Gasteiger partial charge on any atom is 0.129 e. The predicted octanol–water partition coefficient (Wildman–Crippen LogP) is 4.05. The van der Waals surface area contributed by atoms with Gasteiger partial charge < -0.3 is 10.2 Å². The lowest BCUT2D eigenvalue weighted by atomic mass is 10.1. The first-order valence-corrected chi connectivity index (χ1v) is 7.68. The summed E-state index contributed by atoms with van der Waals surface area (Å²) in [5, 5.41) is 3.24. The average Bonchev–Trinajstić information content (AvgIpc) is 2.35. The lowest BCUT2D eigenvalue weighted by Gasteiger charge is -2.30. The van der Waals surface area contributed by atoms with E-state index in [0.29, 0.717) is 18.4 Å². The Morgan fingerprint density at radius 1 is 1.10 bits per heavy atom. The van der Waals surface area contributed by atoms with Crippen molar-refractivity contribution in [2.75, 3.05) is 24.5 Å². The molecule has 3 heteroatoms. The molecule has 20 heavy (non-hydrogen) atoms. The van der Waals surface area contributed by atoms with E-state index in [-0.39, 0.29) is 5.82 Å². The van der Waals surface area contributed by atoms with Crippen LogP contribution in [0.2, 0.25) is 0 Å². The SMILES string of the molecule is CCNCc1c(F)cccc1N(CC(C)C)CC(C)C. The van der Waals surface area contributed by atoms with Crippen molar-refractivity contribution in [2.45, 2.75) is 41.2 Å². The maximum absolute atomic E-state index is 14.1. The van der Waals surface area contributed by atoms with Crippen LogP contribution in [0.25, 0.3) is 0 Å².